The maximum atomic E-state index is 11.7. The summed E-state index contributed by atoms with van der Waals surface area (Å²) in [6.07, 6.45) is 0.910. The predicted octanol–water partition coefficient (Wildman–Crippen LogP) is 2.28. The van der Waals surface area contributed by atoms with Gasteiger partial charge in [0.05, 0.1) is 0 Å². The second-order valence-electron chi connectivity index (χ2n) is 5.31. The van der Waals surface area contributed by atoms with Gasteiger partial charge in [0, 0.05) is 24.9 Å². The normalized spacial score (nSPS) is 11.5. The van der Waals surface area contributed by atoms with Crippen molar-refractivity contribution in [2.45, 2.75) is 39.2 Å². The van der Waals surface area contributed by atoms with Gasteiger partial charge >= 0.3 is 0 Å². The van der Waals surface area contributed by atoms with E-state index in [-0.39, 0.29) is 17.1 Å². The highest BCUT2D eigenvalue weighted by Crippen LogP contribution is 2.12. The van der Waals surface area contributed by atoms with Crippen LogP contribution < -0.4 is 5.32 Å². The third-order valence-corrected chi connectivity index (χ3v) is 2.37. The molecule has 17 heavy (non-hydrogen) atoms. The summed E-state index contributed by atoms with van der Waals surface area (Å²) in [5.74, 6) is 0.399. The van der Waals surface area contributed by atoms with Crippen molar-refractivity contribution in [3.63, 3.8) is 0 Å². The average Bonchev–Trinajstić information content (AvgIpc) is 2.15. The molecule has 0 unspecified atom stereocenters. The Bertz CT molecular complexity index is 380. The average molecular weight is 235 g/mol. The zero-order chi connectivity index (χ0) is 12.9. The lowest BCUT2D eigenvalue weighted by Crippen LogP contribution is -2.37. The fourth-order valence-electron chi connectivity index (χ4n) is 1.56. The van der Waals surface area contributed by atoms with E-state index in [2.05, 4.69) is 26.1 Å². The van der Waals surface area contributed by atoms with Crippen molar-refractivity contribution in [3.05, 3.63) is 29.8 Å². The minimum atomic E-state index is 0.0469. The Morgan fingerprint density at radius 3 is 2.65 bits per heavy atom. The lowest BCUT2D eigenvalue weighted by molar-refractivity contribution is -0.118. The number of nitrogens with one attached hydrogen (secondary N) is 1. The summed E-state index contributed by atoms with van der Waals surface area (Å²) in [6, 6.07) is 6.85. The summed E-state index contributed by atoms with van der Waals surface area (Å²) in [5, 5.41) is 12.6. The number of benzene rings is 1. The number of rotatable bonds is 5. The Morgan fingerprint density at radius 1 is 1.35 bits per heavy atom. The zero-order valence-electron chi connectivity index (χ0n) is 10.8. The van der Waals surface area contributed by atoms with Crippen LogP contribution in [0.3, 0.4) is 0 Å². The molecule has 0 aliphatic carbocycles. The molecule has 0 amide bonds. The largest absolute Gasteiger partial charge is 0.508 e. The Hall–Kier alpha value is -1.35. The molecule has 0 saturated heterocycles. The van der Waals surface area contributed by atoms with Crippen LogP contribution in [0.4, 0.5) is 0 Å². The van der Waals surface area contributed by atoms with Gasteiger partial charge in [0.2, 0.25) is 0 Å². The summed E-state index contributed by atoms with van der Waals surface area (Å²) >= 11 is 0. The standard InChI is InChI=1S/C14H21NO2/c1-14(2,3)15-8-7-13(17)10-11-5-4-6-12(16)9-11/h4-6,9,15-16H,7-8,10H2,1-3H3. The molecule has 0 bridgehead atoms. The van der Waals surface area contributed by atoms with E-state index >= 15 is 0 Å². The van der Waals surface area contributed by atoms with E-state index in [1.807, 2.05) is 6.07 Å². The second-order valence-corrected chi connectivity index (χ2v) is 5.31. The Balaban J connectivity index is 2.35. The molecular weight excluding hydrogens is 214 g/mol. The summed E-state index contributed by atoms with van der Waals surface area (Å²) in [6.45, 7) is 6.92. The lowest BCUT2D eigenvalue weighted by atomic mass is 10.1. The van der Waals surface area contributed by atoms with Crippen LogP contribution in [0.5, 0.6) is 5.75 Å². The summed E-state index contributed by atoms with van der Waals surface area (Å²) in [4.78, 5) is 11.7. The third-order valence-electron chi connectivity index (χ3n) is 2.37. The first-order valence-electron chi connectivity index (χ1n) is 5.91. The molecular formula is C14H21NO2. The Morgan fingerprint density at radius 2 is 2.06 bits per heavy atom. The van der Waals surface area contributed by atoms with Gasteiger partial charge in [-0.2, -0.15) is 0 Å². The minimum absolute atomic E-state index is 0.0469. The molecule has 3 heteroatoms. The van der Waals surface area contributed by atoms with Crippen molar-refractivity contribution in [2.75, 3.05) is 6.54 Å². The smallest absolute Gasteiger partial charge is 0.138 e. The second kappa shape index (κ2) is 5.82. The number of aromatic hydroxyl groups is 1. The molecule has 0 aromatic heterocycles. The Kier molecular flexibility index (Phi) is 4.70. The molecule has 94 valence electrons. The monoisotopic (exact) mass is 235 g/mol. The fourth-order valence-corrected chi connectivity index (χ4v) is 1.56. The van der Waals surface area contributed by atoms with E-state index in [1.54, 1.807) is 18.2 Å². The topological polar surface area (TPSA) is 49.3 Å². The van der Waals surface area contributed by atoms with Crippen molar-refractivity contribution in [3.8, 4) is 5.75 Å². The number of phenols is 1. The van der Waals surface area contributed by atoms with Crippen LogP contribution in [0.2, 0.25) is 0 Å². The molecule has 0 saturated carbocycles. The molecule has 0 fully saturated rings. The van der Waals surface area contributed by atoms with Crippen molar-refractivity contribution in [1.82, 2.24) is 5.32 Å². The van der Waals surface area contributed by atoms with Gasteiger partial charge in [-0.1, -0.05) is 12.1 Å². The molecule has 0 aliphatic heterocycles. The van der Waals surface area contributed by atoms with Crippen molar-refractivity contribution >= 4 is 5.78 Å². The van der Waals surface area contributed by atoms with Gasteiger partial charge in [-0.15, -0.1) is 0 Å². The van der Waals surface area contributed by atoms with E-state index in [9.17, 15) is 9.90 Å². The van der Waals surface area contributed by atoms with E-state index in [0.29, 0.717) is 19.4 Å². The van der Waals surface area contributed by atoms with Crippen LogP contribution >= 0.6 is 0 Å². The van der Waals surface area contributed by atoms with Crippen molar-refractivity contribution in [1.29, 1.82) is 0 Å². The van der Waals surface area contributed by atoms with Crippen LogP contribution in [-0.2, 0) is 11.2 Å². The van der Waals surface area contributed by atoms with Crippen LogP contribution in [0, 0.1) is 0 Å². The number of hydrogen-bond donors (Lipinski definition) is 2. The van der Waals surface area contributed by atoms with Crippen LogP contribution in [-0.4, -0.2) is 23.0 Å². The quantitative estimate of drug-likeness (QED) is 0.823. The highest BCUT2D eigenvalue weighted by molar-refractivity contribution is 5.81. The Labute approximate surface area is 103 Å². The molecule has 2 N–H and O–H groups in total. The van der Waals surface area contributed by atoms with E-state index in [4.69, 9.17) is 0 Å². The SMILES string of the molecule is CC(C)(C)NCCC(=O)Cc1cccc(O)c1. The van der Waals surface area contributed by atoms with Crippen LogP contribution in [0.1, 0.15) is 32.8 Å². The van der Waals surface area contributed by atoms with Crippen LogP contribution in [0.15, 0.2) is 24.3 Å². The maximum Gasteiger partial charge on any atom is 0.138 e. The molecule has 1 aromatic carbocycles. The van der Waals surface area contributed by atoms with Crippen molar-refractivity contribution < 1.29 is 9.90 Å². The van der Waals surface area contributed by atoms with Gasteiger partial charge in [-0.3, -0.25) is 4.79 Å². The molecule has 0 radical (unpaired) electrons. The first-order chi connectivity index (χ1) is 7.87. The van der Waals surface area contributed by atoms with E-state index < -0.39 is 0 Å². The molecule has 1 rings (SSSR count). The van der Waals surface area contributed by atoms with E-state index in [1.165, 1.54) is 0 Å². The van der Waals surface area contributed by atoms with Gasteiger partial charge in [-0.05, 0) is 38.5 Å². The first kappa shape index (κ1) is 13.7. The number of ketones is 1. The predicted molar refractivity (Wildman–Crippen MR) is 69.2 cm³/mol. The maximum absolute atomic E-state index is 11.7. The fraction of sp³-hybridized carbons (Fsp3) is 0.500. The molecule has 1 aromatic rings. The number of hydrogen-bond acceptors (Lipinski definition) is 3. The molecule has 0 heterocycles. The van der Waals surface area contributed by atoms with Gasteiger partial charge in [0.15, 0.2) is 0 Å². The minimum Gasteiger partial charge on any atom is -0.508 e. The number of carbonyl (C=O) groups is 1. The van der Waals surface area contributed by atoms with Gasteiger partial charge < -0.3 is 10.4 Å². The highest BCUT2D eigenvalue weighted by atomic mass is 16.3. The van der Waals surface area contributed by atoms with Gasteiger partial charge in [0.1, 0.15) is 11.5 Å². The van der Waals surface area contributed by atoms with Gasteiger partial charge in [-0.25, -0.2) is 0 Å². The number of carbonyl (C=O) groups excluding carboxylic acids is 1. The van der Waals surface area contributed by atoms with Crippen molar-refractivity contribution in [2.24, 2.45) is 0 Å². The molecule has 3 nitrogen and oxygen atoms in total. The highest BCUT2D eigenvalue weighted by Gasteiger charge is 2.10. The molecule has 0 atom stereocenters. The van der Waals surface area contributed by atoms with Gasteiger partial charge in [0.25, 0.3) is 0 Å². The first-order valence-corrected chi connectivity index (χ1v) is 5.91. The van der Waals surface area contributed by atoms with E-state index in [0.717, 1.165) is 5.56 Å². The summed E-state index contributed by atoms with van der Waals surface area (Å²) < 4.78 is 0. The summed E-state index contributed by atoms with van der Waals surface area (Å²) in [5.41, 5.74) is 0.913. The molecule has 0 aliphatic rings. The third kappa shape index (κ3) is 6.07. The van der Waals surface area contributed by atoms with Crippen LogP contribution in [0.25, 0.3) is 0 Å². The molecule has 0 spiro atoms. The lowest BCUT2D eigenvalue weighted by Gasteiger charge is -2.20. The number of phenolic OH excluding ortho intramolecular Hbond substituents is 1. The summed E-state index contributed by atoms with van der Waals surface area (Å²) in [7, 11) is 0. The number of Topliss-reactive ketones (excluding diaryl/α,β-unsaturated/α-hetero) is 1. The zero-order valence-corrected chi connectivity index (χ0v) is 10.8.